The fourth-order valence-electron chi connectivity index (χ4n) is 2.16. The molecule has 0 radical (unpaired) electrons. The van der Waals surface area contributed by atoms with Crippen molar-refractivity contribution in [1.29, 1.82) is 0 Å². The third kappa shape index (κ3) is 6.33. The molecule has 8 nitrogen and oxygen atoms in total. The van der Waals surface area contributed by atoms with Gasteiger partial charge in [0.1, 0.15) is 0 Å². The van der Waals surface area contributed by atoms with Crippen LogP contribution in [0.2, 0.25) is 0 Å². The topological polar surface area (TPSA) is 93.0 Å². The predicted molar refractivity (Wildman–Crippen MR) is 88.8 cm³/mol. The van der Waals surface area contributed by atoms with Crippen LogP contribution in [0.4, 0.5) is 5.69 Å². The lowest BCUT2D eigenvalue weighted by atomic mass is 10.1. The molecule has 0 saturated carbocycles. The van der Waals surface area contributed by atoms with Crippen molar-refractivity contribution in [3.63, 3.8) is 0 Å². The number of carbonyl (C=O) groups is 2. The molecule has 1 aromatic rings. The molecule has 0 atom stereocenters. The number of nitro benzene ring substituents is 1. The number of amides is 1. The maximum atomic E-state index is 12.6. The van der Waals surface area contributed by atoms with E-state index in [1.54, 1.807) is 0 Å². The van der Waals surface area contributed by atoms with Gasteiger partial charge < -0.3 is 14.5 Å². The predicted octanol–water partition coefficient (Wildman–Crippen LogP) is 1.55. The smallest absolute Gasteiger partial charge is 0.307 e. The minimum atomic E-state index is -0.540. The first kappa shape index (κ1) is 19.6. The number of nitrogens with zero attached hydrogens (tertiary/aromatic N) is 3. The van der Waals surface area contributed by atoms with E-state index in [-0.39, 0.29) is 30.1 Å². The Bertz CT molecular complexity index is 589. The van der Waals surface area contributed by atoms with Gasteiger partial charge in [0.05, 0.1) is 18.5 Å². The maximum absolute atomic E-state index is 12.6. The number of carbonyl (C=O) groups excluding carboxylic acids is 2. The van der Waals surface area contributed by atoms with Crippen LogP contribution in [0.5, 0.6) is 0 Å². The second-order valence-corrected chi connectivity index (χ2v) is 5.58. The highest BCUT2D eigenvalue weighted by molar-refractivity contribution is 5.95. The Morgan fingerprint density at radius 2 is 1.92 bits per heavy atom. The minimum Gasteiger partial charge on any atom is -0.469 e. The monoisotopic (exact) mass is 337 g/mol. The zero-order chi connectivity index (χ0) is 18.1. The summed E-state index contributed by atoms with van der Waals surface area (Å²) in [6.07, 6.45) is 0.813. The second-order valence-electron chi connectivity index (χ2n) is 5.58. The number of benzene rings is 1. The van der Waals surface area contributed by atoms with E-state index in [1.807, 2.05) is 19.0 Å². The summed E-state index contributed by atoms with van der Waals surface area (Å²) in [5.74, 6) is -0.735. The van der Waals surface area contributed by atoms with Crippen LogP contribution in [-0.4, -0.2) is 67.4 Å². The maximum Gasteiger partial charge on any atom is 0.307 e. The molecule has 0 saturated heterocycles. The van der Waals surface area contributed by atoms with E-state index in [1.165, 1.54) is 36.3 Å². The summed E-state index contributed by atoms with van der Waals surface area (Å²) in [4.78, 5) is 37.8. The molecule has 0 aliphatic heterocycles. The molecule has 0 aromatic heterocycles. The first-order valence-corrected chi connectivity index (χ1v) is 7.60. The van der Waals surface area contributed by atoms with Gasteiger partial charge in [0.15, 0.2) is 0 Å². The first-order valence-electron chi connectivity index (χ1n) is 7.60. The number of ether oxygens (including phenoxy) is 1. The quantitative estimate of drug-likeness (QED) is 0.386. The number of non-ortho nitro benzene ring substituents is 1. The van der Waals surface area contributed by atoms with Gasteiger partial charge in [-0.1, -0.05) is 6.07 Å². The standard InChI is InChI=1S/C16H23N3O5/c1-17(2)9-5-10-18(11-8-15(20)24-3)16(21)13-6-4-7-14(12-13)19(22)23/h4,6-7,12H,5,8-11H2,1-3H3. The Morgan fingerprint density at radius 1 is 1.21 bits per heavy atom. The van der Waals surface area contributed by atoms with E-state index in [2.05, 4.69) is 4.74 Å². The Balaban J connectivity index is 2.86. The molecule has 0 heterocycles. The summed E-state index contributed by atoms with van der Waals surface area (Å²) in [6, 6.07) is 5.59. The Kier molecular flexibility index (Phi) is 7.84. The van der Waals surface area contributed by atoms with Crippen molar-refractivity contribution in [3.8, 4) is 0 Å². The van der Waals surface area contributed by atoms with Gasteiger partial charge in [-0.15, -0.1) is 0 Å². The normalized spacial score (nSPS) is 10.5. The van der Waals surface area contributed by atoms with E-state index in [9.17, 15) is 19.7 Å². The van der Waals surface area contributed by atoms with Crippen LogP contribution in [0.15, 0.2) is 24.3 Å². The molecule has 24 heavy (non-hydrogen) atoms. The first-order chi connectivity index (χ1) is 11.3. The van der Waals surface area contributed by atoms with Gasteiger partial charge in [0.25, 0.3) is 11.6 Å². The molecule has 8 heteroatoms. The largest absolute Gasteiger partial charge is 0.469 e. The third-order valence-electron chi connectivity index (χ3n) is 3.44. The van der Waals surface area contributed by atoms with Crippen molar-refractivity contribution in [2.24, 2.45) is 0 Å². The van der Waals surface area contributed by atoms with Crippen molar-refractivity contribution in [3.05, 3.63) is 39.9 Å². The van der Waals surface area contributed by atoms with E-state index < -0.39 is 10.9 Å². The Labute approximate surface area is 141 Å². The molecule has 1 amide bonds. The molecule has 0 bridgehead atoms. The lowest BCUT2D eigenvalue weighted by Gasteiger charge is -2.23. The van der Waals surface area contributed by atoms with Crippen LogP contribution in [0, 0.1) is 10.1 Å². The van der Waals surface area contributed by atoms with Gasteiger partial charge in [-0.25, -0.2) is 0 Å². The highest BCUT2D eigenvalue weighted by Gasteiger charge is 2.19. The highest BCUT2D eigenvalue weighted by atomic mass is 16.6. The average Bonchev–Trinajstić information content (AvgIpc) is 2.56. The van der Waals surface area contributed by atoms with Crippen molar-refractivity contribution in [2.45, 2.75) is 12.8 Å². The minimum absolute atomic E-state index is 0.0825. The van der Waals surface area contributed by atoms with Crippen LogP contribution >= 0.6 is 0 Å². The zero-order valence-electron chi connectivity index (χ0n) is 14.2. The van der Waals surface area contributed by atoms with Gasteiger partial charge >= 0.3 is 5.97 Å². The summed E-state index contributed by atoms with van der Waals surface area (Å²) >= 11 is 0. The van der Waals surface area contributed by atoms with Gasteiger partial charge in [-0.3, -0.25) is 19.7 Å². The number of hydrogen-bond donors (Lipinski definition) is 0. The number of methoxy groups -OCH3 is 1. The summed E-state index contributed by atoms with van der Waals surface area (Å²) in [7, 11) is 5.16. The second kappa shape index (κ2) is 9.61. The molecule has 1 rings (SSSR count). The van der Waals surface area contributed by atoms with Gasteiger partial charge in [-0.2, -0.15) is 0 Å². The molecule has 0 aliphatic carbocycles. The van der Waals surface area contributed by atoms with E-state index in [4.69, 9.17) is 0 Å². The van der Waals surface area contributed by atoms with Crippen molar-refractivity contribution < 1.29 is 19.2 Å². The lowest BCUT2D eigenvalue weighted by molar-refractivity contribution is -0.384. The SMILES string of the molecule is COC(=O)CCN(CCCN(C)C)C(=O)c1cccc([N+](=O)[O-])c1. The van der Waals surface area contributed by atoms with Crippen molar-refractivity contribution in [1.82, 2.24) is 9.80 Å². The number of hydrogen-bond acceptors (Lipinski definition) is 6. The number of esters is 1. The molecule has 0 fully saturated rings. The fraction of sp³-hybridized carbons (Fsp3) is 0.500. The van der Waals surface area contributed by atoms with Gasteiger partial charge in [0, 0.05) is 30.8 Å². The summed E-state index contributed by atoms with van der Waals surface area (Å²) in [5, 5.41) is 10.9. The van der Waals surface area contributed by atoms with Crippen LogP contribution in [0.25, 0.3) is 0 Å². The van der Waals surface area contributed by atoms with Crippen LogP contribution in [-0.2, 0) is 9.53 Å². The zero-order valence-corrected chi connectivity index (χ0v) is 14.2. The lowest BCUT2D eigenvalue weighted by Crippen LogP contribution is -2.35. The summed E-state index contributed by atoms with van der Waals surface area (Å²) in [6.45, 7) is 1.45. The third-order valence-corrected chi connectivity index (χ3v) is 3.44. The molecule has 0 unspecified atom stereocenters. The average molecular weight is 337 g/mol. The van der Waals surface area contributed by atoms with Crippen LogP contribution < -0.4 is 0 Å². The van der Waals surface area contributed by atoms with E-state index in [0.717, 1.165) is 13.0 Å². The molecular formula is C16H23N3O5. The number of nitro groups is 1. The van der Waals surface area contributed by atoms with Crippen LogP contribution in [0.3, 0.4) is 0 Å². The molecule has 0 aliphatic rings. The number of rotatable bonds is 9. The molecule has 0 spiro atoms. The highest BCUT2D eigenvalue weighted by Crippen LogP contribution is 2.15. The molecule has 1 aromatic carbocycles. The fourth-order valence-corrected chi connectivity index (χ4v) is 2.16. The van der Waals surface area contributed by atoms with Crippen molar-refractivity contribution >= 4 is 17.6 Å². The van der Waals surface area contributed by atoms with Gasteiger partial charge in [-0.05, 0) is 33.1 Å². The van der Waals surface area contributed by atoms with Gasteiger partial charge in [0.2, 0.25) is 0 Å². The molecular weight excluding hydrogens is 314 g/mol. The Hall–Kier alpha value is -2.48. The van der Waals surface area contributed by atoms with E-state index >= 15 is 0 Å². The summed E-state index contributed by atoms with van der Waals surface area (Å²) < 4.78 is 4.60. The summed E-state index contributed by atoms with van der Waals surface area (Å²) in [5.41, 5.74) is 0.0981. The molecule has 0 N–H and O–H groups in total. The van der Waals surface area contributed by atoms with E-state index in [0.29, 0.717) is 6.54 Å². The van der Waals surface area contributed by atoms with Crippen LogP contribution in [0.1, 0.15) is 23.2 Å². The Morgan fingerprint density at radius 3 is 2.50 bits per heavy atom. The van der Waals surface area contributed by atoms with Crippen molar-refractivity contribution in [2.75, 3.05) is 40.8 Å². The molecule has 132 valence electrons.